The Hall–Kier alpha value is -3.94. The average molecular weight is 540 g/mol. The number of rotatable bonds is 8. The molecule has 1 aliphatic carbocycles. The fourth-order valence-electron chi connectivity index (χ4n) is 5.10. The number of aromatic nitrogens is 1. The van der Waals surface area contributed by atoms with Crippen molar-refractivity contribution >= 4 is 23.3 Å². The topological polar surface area (TPSA) is 144 Å². The Morgan fingerprint density at radius 1 is 1.18 bits per heavy atom. The first-order valence-electron chi connectivity index (χ1n) is 11.6. The summed E-state index contributed by atoms with van der Waals surface area (Å²) in [4.78, 5) is 39.4. The highest BCUT2D eigenvalue weighted by Gasteiger charge is 2.59. The third-order valence-electron chi connectivity index (χ3n) is 6.81. The van der Waals surface area contributed by atoms with Crippen LogP contribution in [0.4, 0.5) is 27.6 Å². The SMILES string of the molecule is Cc1c(C(=O)C(=O)NC2(/C(N)=C/NN)CC(F)(F)C2)c2n(c1C(=O)Nc1ccc(F)c(C(F)F)c1)CCC2. The molecular weight excluding hydrogens is 515 g/mol. The highest BCUT2D eigenvalue weighted by atomic mass is 19.3. The number of halogens is 5. The zero-order valence-electron chi connectivity index (χ0n) is 20.1. The van der Waals surface area contributed by atoms with Crippen LogP contribution in [0.1, 0.15) is 63.4 Å². The molecular formula is C24H25F5N6O3. The van der Waals surface area contributed by atoms with E-state index in [0.717, 1.165) is 24.4 Å². The van der Waals surface area contributed by atoms with Crippen LogP contribution < -0.4 is 27.6 Å². The molecule has 4 rings (SSSR count). The lowest BCUT2D eigenvalue weighted by Gasteiger charge is -2.47. The Bertz CT molecular complexity index is 1350. The second kappa shape index (κ2) is 9.74. The van der Waals surface area contributed by atoms with Gasteiger partial charge in [-0.25, -0.2) is 22.0 Å². The Labute approximate surface area is 213 Å². The van der Waals surface area contributed by atoms with E-state index in [9.17, 15) is 36.3 Å². The summed E-state index contributed by atoms with van der Waals surface area (Å²) in [6.45, 7) is 1.78. The first-order valence-corrected chi connectivity index (χ1v) is 11.6. The third kappa shape index (κ3) is 4.71. The molecule has 2 aliphatic rings. The van der Waals surface area contributed by atoms with E-state index in [4.69, 9.17) is 11.6 Å². The lowest BCUT2D eigenvalue weighted by Crippen LogP contribution is -2.65. The van der Waals surface area contributed by atoms with Crippen LogP contribution in [0.2, 0.25) is 0 Å². The number of alkyl halides is 4. The van der Waals surface area contributed by atoms with Gasteiger partial charge in [-0.05, 0) is 43.5 Å². The minimum Gasteiger partial charge on any atom is -0.399 e. The van der Waals surface area contributed by atoms with Gasteiger partial charge in [-0.3, -0.25) is 20.2 Å². The zero-order valence-corrected chi connectivity index (χ0v) is 20.1. The first-order chi connectivity index (χ1) is 17.8. The van der Waals surface area contributed by atoms with Crippen LogP contribution in [-0.4, -0.2) is 33.6 Å². The Morgan fingerprint density at radius 3 is 2.47 bits per heavy atom. The van der Waals surface area contributed by atoms with Crippen molar-refractivity contribution in [1.82, 2.24) is 15.3 Å². The van der Waals surface area contributed by atoms with Crippen LogP contribution in [0.3, 0.4) is 0 Å². The van der Waals surface area contributed by atoms with Gasteiger partial charge in [0, 0.05) is 37.0 Å². The van der Waals surface area contributed by atoms with Gasteiger partial charge in [-0.2, -0.15) is 0 Å². The number of benzene rings is 1. The second-order valence-corrected chi connectivity index (χ2v) is 9.38. The van der Waals surface area contributed by atoms with Gasteiger partial charge in [0.2, 0.25) is 0 Å². The van der Waals surface area contributed by atoms with E-state index in [1.807, 2.05) is 0 Å². The summed E-state index contributed by atoms with van der Waals surface area (Å²) in [5.74, 6) is -2.04. The van der Waals surface area contributed by atoms with E-state index in [1.165, 1.54) is 6.92 Å². The Morgan fingerprint density at radius 2 is 1.87 bits per heavy atom. The number of nitrogens with one attached hydrogen (secondary N) is 3. The van der Waals surface area contributed by atoms with E-state index in [0.29, 0.717) is 25.1 Å². The average Bonchev–Trinajstić information content (AvgIpc) is 3.37. The van der Waals surface area contributed by atoms with Crippen LogP contribution in [-0.2, 0) is 17.8 Å². The van der Waals surface area contributed by atoms with Crippen LogP contribution >= 0.6 is 0 Å². The number of fused-ring (bicyclic) bond motifs is 1. The van der Waals surface area contributed by atoms with Gasteiger partial charge in [0.1, 0.15) is 11.5 Å². The van der Waals surface area contributed by atoms with E-state index in [-0.39, 0.29) is 28.2 Å². The van der Waals surface area contributed by atoms with Gasteiger partial charge in [0.25, 0.3) is 29.9 Å². The third-order valence-corrected chi connectivity index (χ3v) is 6.81. The summed E-state index contributed by atoms with van der Waals surface area (Å²) in [5, 5.41) is 4.74. The molecule has 0 atom stereocenters. The van der Waals surface area contributed by atoms with Gasteiger partial charge >= 0.3 is 0 Å². The summed E-state index contributed by atoms with van der Waals surface area (Å²) in [6.07, 6.45) is -2.81. The number of ketones is 1. The molecule has 0 bridgehead atoms. The number of amides is 2. The summed E-state index contributed by atoms with van der Waals surface area (Å²) in [6, 6.07) is 2.72. The zero-order chi connectivity index (χ0) is 28.0. The number of nitrogens with zero attached hydrogens (tertiary/aromatic N) is 1. The summed E-state index contributed by atoms with van der Waals surface area (Å²) >= 11 is 0. The summed E-state index contributed by atoms with van der Waals surface area (Å²) in [7, 11) is 0. The molecule has 2 heterocycles. The van der Waals surface area contributed by atoms with Crippen LogP contribution in [0, 0.1) is 12.7 Å². The fraction of sp³-hybridized carbons (Fsp3) is 0.375. The van der Waals surface area contributed by atoms with Crippen molar-refractivity contribution < 1.29 is 36.3 Å². The Kier molecular flexibility index (Phi) is 6.95. The van der Waals surface area contributed by atoms with Gasteiger partial charge in [0.15, 0.2) is 0 Å². The molecule has 14 heteroatoms. The van der Waals surface area contributed by atoms with Gasteiger partial charge < -0.3 is 26.4 Å². The normalized spacial score (nSPS) is 17.5. The molecule has 1 fully saturated rings. The minimum absolute atomic E-state index is 0.0215. The van der Waals surface area contributed by atoms with Crippen molar-refractivity contribution in [2.45, 2.75) is 57.0 Å². The number of Topliss-reactive ketones (excluding diaryl/α,β-unsaturated/α-hetero) is 1. The van der Waals surface area contributed by atoms with E-state index < -0.39 is 59.7 Å². The van der Waals surface area contributed by atoms with Crippen molar-refractivity contribution in [3.05, 3.63) is 64.0 Å². The molecule has 0 unspecified atom stereocenters. The molecule has 1 aromatic carbocycles. The highest BCUT2D eigenvalue weighted by Crippen LogP contribution is 2.48. The highest BCUT2D eigenvalue weighted by molar-refractivity contribution is 6.44. The number of nitrogens with two attached hydrogens (primary N) is 2. The molecule has 2 aromatic rings. The van der Waals surface area contributed by atoms with E-state index in [1.54, 1.807) is 4.57 Å². The largest absolute Gasteiger partial charge is 0.399 e. The maximum absolute atomic E-state index is 13.7. The van der Waals surface area contributed by atoms with Crippen molar-refractivity contribution in [2.75, 3.05) is 5.32 Å². The molecule has 38 heavy (non-hydrogen) atoms. The minimum atomic E-state index is -3.10. The monoisotopic (exact) mass is 540 g/mol. The molecule has 1 saturated carbocycles. The Balaban J connectivity index is 1.62. The maximum atomic E-state index is 13.7. The first kappa shape index (κ1) is 27.1. The fourth-order valence-corrected chi connectivity index (χ4v) is 5.10. The van der Waals surface area contributed by atoms with Crippen molar-refractivity contribution in [1.29, 1.82) is 0 Å². The molecule has 1 aliphatic heterocycles. The van der Waals surface area contributed by atoms with E-state index in [2.05, 4.69) is 16.1 Å². The second-order valence-electron chi connectivity index (χ2n) is 9.38. The number of anilines is 1. The summed E-state index contributed by atoms with van der Waals surface area (Å²) < 4.78 is 68.8. The van der Waals surface area contributed by atoms with E-state index >= 15 is 0 Å². The maximum Gasteiger partial charge on any atom is 0.293 e. The number of hydrogen-bond acceptors (Lipinski definition) is 6. The van der Waals surface area contributed by atoms with Crippen LogP contribution in [0.25, 0.3) is 0 Å². The number of hydrogen-bond donors (Lipinski definition) is 5. The molecule has 7 N–H and O–H groups in total. The standard InChI is InChI=1S/C24H25F5N6O3/c1-11-17(19(36)22(38)34-23(16(30)8-32-31)9-24(28,29)10-23)15-3-2-6-35(15)18(11)21(37)33-12-4-5-14(25)13(7-12)20(26)27/h4-5,7-8,20,32H,2-3,6,9-10,30-31H2,1H3,(H,33,37)(H,34,38)/b16-8-. The molecule has 2 amide bonds. The van der Waals surface area contributed by atoms with Crippen molar-refractivity contribution in [3.63, 3.8) is 0 Å². The predicted octanol–water partition coefficient (Wildman–Crippen LogP) is 2.80. The van der Waals surface area contributed by atoms with Crippen molar-refractivity contribution in [3.8, 4) is 0 Å². The van der Waals surface area contributed by atoms with Crippen molar-refractivity contribution in [2.24, 2.45) is 11.6 Å². The predicted molar refractivity (Wildman–Crippen MR) is 126 cm³/mol. The molecule has 0 saturated heterocycles. The van der Waals surface area contributed by atoms with Gasteiger partial charge in [-0.1, -0.05) is 0 Å². The lowest BCUT2D eigenvalue weighted by atomic mass is 9.71. The molecule has 0 radical (unpaired) electrons. The van der Waals surface area contributed by atoms with Gasteiger partial charge in [-0.15, -0.1) is 0 Å². The molecule has 1 aromatic heterocycles. The lowest BCUT2D eigenvalue weighted by molar-refractivity contribution is -0.137. The number of carbonyl (C=O) groups is 3. The smallest absolute Gasteiger partial charge is 0.293 e. The number of carbonyl (C=O) groups excluding carboxylic acids is 3. The molecule has 9 nitrogen and oxygen atoms in total. The van der Waals surface area contributed by atoms with Gasteiger partial charge in [0.05, 0.1) is 22.4 Å². The quantitative estimate of drug-likeness (QED) is 0.115. The molecule has 204 valence electrons. The van der Waals surface area contributed by atoms with Crippen LogP contribution in [0.5, 0.6) is 0 Å². The summed E-state index contributed by atoms with van der Waals surface area (Å²) in [5.41, 5.74) is 5.62. The van der Waals surface area contributed by atoms with Crippen LogP contribution in [0.15, 0.2) is 30.1 Å². The molecule has 0 spiro atoms. The number of hydrazine groups is 1.